The summed E-state index contributed by atoms with van der Waals surface area (Å²) in [5.41, 5.74) is 4.61. The molecule has 4 heterocycles. The first-order valence-electron chi connectivity index (χ1n) is 14.5. The van der Waals surface area contributed by atoms with Gasteiger partial charge in [0.25, 0.3) is 5.70 Å². The fourth-order valence-electron chi connectivity index (χ4n) is 5.29. The van der Waals surface area contributed by atoms with E-state index in [1.54, 1.807) is 23.5 Å². The van der Waals surface area contributed by atoms with Gasteiger partial charge in [-0.25, -0.2) is 10.1 Å². The van der Waals surface area contributed by atoms with Gasteiger partial charge in [-0.05, 0) is 60.1 Å². The minimum Gasteiger partial charge on any atom is -0.485 e. The summed E-state index contributed by atoms with van der Waals surface area (Å²) in [5.74, 6) is 2.63. The molecule has 1 aromatic heterocycles. The Morgan fingerprint density at radius 3 is 2.55 bits per heavy atom. The zero-order valence-corrected chi connectivity index (χ0v) is 25.9. The SMILES string of the molecule is [C-]#[N+]/C(C#N)=C1C=C(/C=C/c2sc(C3=NN(c4cccc(C)c4)C(c4ccccc4)C3)c3c2OCCO3)OC(C(C)(C)C)=C/1. The summed E-state index contributed by atoms with van der Waals surface area (Å²) in [6.07, 6.45) is 8.02. The molecule has 1 atom stereocenters. The van der Waals surface area contributed by atoms with E-state index in [-0.39, 0.29) is 17.2 Å². The van der Waals surface area contributed by atoms with Crippen LogP contribution in [0.3, 0.4) is 0 Å². The molecule has 0 saturated carbocycles. The predicted octanol–water partition coefficient (Wildman–Crippen LogP) is 8.74. The Kier molecular flexibility index (Phi) is 7.86. The van der Waals surface area contributed by atoms with E-state index in [2.05, 4.69) is 65.3 Å². The Bertz CT molecular complexity index is 1830. The number of fused-ring (bicyclic) bond motifs is 1. The van der Waals surface area contributed by atoms with Crippen LogP contribution in [0.1, 0.15) is 54.1 Å². The van der Waals surface area contributed by atoms with Crippen LogP contribution in [-0.2, 0) is 4.74 Å². The molecule has 3 aliphatic rings. The fourth-order valence-corrected chi connectivity index (χ4v) is 6.37. The second kappa shape index (κ2) is 11.9. The van der Waals surface area contributed by atoms with Crippen LogP contribution in [0.15, 0.2) is 101 Å². The molecular formula is C36H32N4O3S. The summed E-state index contributed by atoms with van der Waals surface area (Å²) >= 11 is 1.58. The maximum absolute atomic E-state index is 9.51. The summed E-state index contributed by atoms with van der Waals surface area (Å²) in [7, 11) is 0. The van der Waals surface area contributed by atoms with Gasteiger partial charge in [0.1, 0.15) is 24.7 Å². The second-order valence-electron chi connectivity index (χ2n) is 11.8. The minimum absolute atomic E-state index is 0.0267. The van der Waals surface area contributed by atoms with Crippen LogP contribution in [-0.4, -0.2) is 18.9 Å². The number of ether oxygens (including phenoxy) is 3. The number of hydrazone groups is 1. The number of allylic oxidation sites excluding steroid dienone is 6. The van der Waals surface area contributed by atoms with Gasteiger partial charge in [-0.1, -0.05) is 63.2 Å². The van der Waals surface area contributed by atoms with Gasteiger partial charge in [0.15, 0.2) is 11.5 Å². The van der Waals surface area contributed by atoms with Gasteiger partial charge in [0.2, 0.25) is 0 Å². The topological polar surface area (TPSA) is 71.4 Å². The van der Waals surface area contributed by atoms with Crippen molar-refractivity contribution >= 4 is 28.8 Å². The van der Waals surface area contributed by atoms with Crippen LogP contribution in [0.2, 0.25) is 0 Å². The van der Waals surface area contributed by atoms with E-state index in [1.165, 1.54) is 11.1 Å². The first-order valence-corrected chi connectivity index (χ1v) is 15.3. The first kappa shape index (κ1) is 29.0. The number of nitriles is 1. The number of anilines is 1. The van der Waals surface area contributed by atoms with Crippen LogP contribution in [0.5, 0.6) is 11.5 Å². The van der Waals surface area contributed by atoms with Crippen LogP contribution < -0.4 is 14.5 Å². The van der Waals surface area contributed by atoms with Crippen LogP contribution in [0.4, 0.5) is 5.69 Å². The lowest BCUT2D eigenvalue weighted by atomic mass is 9.91. The summed E-state index contributed by atoms with van der Waals surface area (Å²) in [6, 6.07) is 20.9. The third kappa shape index (κ3) is 5.77. The Morgan fingerprint density at radius 2 is 1.84 bits per heavy atom. The average Bonchev–Trinajstić information content (AvgIpc) is 3.63. The van der Waals surface area contributed by atoms with Crippen molar-refractivity contribution in [2.45, 2.75) is 40.2 Å². The number of hydrogen-bond acceptors (Lipinski definition) is 7. The van der Waals surface area contributed by atoms with Crippen molar-refractivity contribution in [1.82, 2.24) is 0 Å². The summed E-state index contributed by atoms with van der Waals surface area (Å²) < 4.78 is 18.6. The van der Waals surface area contributed by atoms with Crippen molar-refractivity contribution in [3.8, 4) is 17.6 Å². The van der Waals surface area contributed by atoms with Crippen molar-refractivity contribution in [2.75, 3.05) is 18.2 Å². The molecule has 7 nitrogen and oxygen atoms in total. The Labute approximate surface area is 262 Å². The molecule has 220 valence electrons. The molecule has 2 aromatic carbocycles. The summed E-state index contributed by atoms with van der Waals surface area (Å²) in [6.45, 7) is 16.6. The van der Waals surface area contributed by atoms with Crippen LogP contribution in [0, 0.1) is 30.2 Å². The predicted molar refractivity (Wildman–Crippen MR) is 174 cm³/mol. The Morgan fingerprint density at radius 1 is 1.07 bits per heavy atom. The van der Waals surface area contributed by atoms with E-state index >= 15 is 0 Å². The quantitative estimate of drug-likeness (QED) is 0.216. The lowest BCUT2D eigenvalue weighted by molar-refractivity contribution is 0.173. The number of hydrogen-bond donors (Lipinski definition) is 0. The van der Waals surface area contributed by atoms with Gasteiger partial charge in [-0.2, -0.15) is 5.10 Å². The van der Waals surface area contributed by atoms with E-state index in [4.69, 9.17) is 25.9 Å². The standard InChI is InChI=1S/C36H32N4O3S/c1-23-10-9-13-26(18-23)40-30(24-11-7-6-8-12-24)21-28(39-40)35-34-33(41-16-17-42-34)31(44-35)15-14-27-19-25(29(22-37)38-5)20-32(43-27)36(2,3)4/h6-15,18-20,30H,16-17,21H2,1-4H3/b15-14+,29-25-. The maximum Gasteiger partial charge on any atom is 0.269 e. The smallest absolute Gasteiger partial charge is 0.269 e. The number of benzene rings is 2. The van der Waals surface area contributed by atoms with Gasteiger partial charge >= 0.3 is 0 Å². The summed E-state index contributed by atoms with van der Waals surface area (Å²) in [4.78, 5) is 5.25. The fraction of sp³-hybridized carbons (Fsp3) is 0.250. The molecular weight excluding hydrogens is 568 g/mol. The first-order chi connectivity index (χ1) is 21.2. The maximum atomic E-state index is 9.51. The number of thiophene rings is 1. The van der Waals surface area contributed by atoms with E-state index in [1.807, 2.05) is 45.1 Å². The largest absolute Gasteiger partial charge is 0.485 e. The molecule has 44 heavy (non-hydrogen) atoms. The van der Waals surface area contributed by atoms with Crippen molar-refractivity contribution < 1.29 is 14.2 Å². The van der Waals surface area contributed by atoms with Crippen molar-refractivity contribution in [1.29, 1.82) is 5.26 Å². The zero-order chi connectivity index (χ0) is 30.8. The average molecular weight is 601 g/mol. The second-order valence-corrected chi connectivity index (χ2v) is 12.8. The highest BCUT2D eigenvalue weighted by Gasteiger charge is 2.35. The molecule has 0 saturated heterocycles. The molecule has 3 aliphatic heterocycles. The van der Waals surface area contributed by atoms with Gasteiger partial charge in [0.05, 0.1) is 39.8 Å². The molecule has 0 fully saturated rings. The highest BCUT2D eigenvalue weighted by atomic mass is 32.1. The molecule has 0 amide bonds. The molecule has 0 aliphatic carbocycles. The number of aryl methyl sites for hydroxylation is 1. The van der Waals surface area contributed by atoms with Crippen LogP contribution in [0.25, 0.3) is 10.9 Å². The van der Waals surface area contributed by atoms with Gasteiger partial charge < -0.3 is 14.2 Å². The molecule has 0 spiro atoms. The molecule has 8 heteroatoms. The van der Waals surface area contributed by atoms with E-state index in [0.717, 1.165) is 21.2 Å². The zero-order valence-electron chi connectivity index (χ0n) is 25.1. The van der Waals surface area contributed by atoms with Gasteiger partial charge in [0, 0.05) is 11.8 Å². The normalized spacial score (nSPS) is 19.0. The van der Waals surface area contributed by atoms with Crippen molar-refractivity contribution in [3.05, 3.63) is 128 Å². The minimum atomic E-state index is -0.313. The highest BCUT2D eigenvalue weighted by Crippen LogP contribution is 2.48. The van der Waals surface area contributed by atoms with E-state index in [9.17, 15) is 5.26 Å². The Hall–Kier alpha value is -5.05. The van der Waals surface area contributed by atoms with E-state index < -0.39 is 0 Å². The monoisotopic (exact) mass is 600 g/mol. The lowest BCUT2D eigenvalue weighted by Crippen LogP contribution is -2.18. The van der Waals surface area contributed by atoms with Crippen molar-refractivity contribution in [2.24, 2.45) is 10.5 Å². The number of nitrogens with zero attached hydrogens (tertiary/aromatic N) is 4. The third-order valence-electron chi connectivity index (χ3n) is 7.49. The van der Waals surface area contributed by atoms with Gasteiger partial charge in [-0.15, -0.1) is 11.3 Å². The third-order valence-corrected chi connectivity index (χ3v) is 8.66. The van der Waals surface area contributed by atoms with E-state index in [0.29, 0.717) is 48.2 Å². The molecule has 0 bridgehead atoms. The van der Waals surface area contributed by atoms with Gasteiger partial charge in [-0.3, -0.25) is 5.01 Å². The molecule has 0 radical (unpaired) electrons. The molecule has 0 N–H and O–H groups in total. The Balaban J connectivity index is 1.38. The summed E-state index contributed by atoms with van der Waals surface area (Å²) in [5, 5.41) is 16.8. The highest BCUT2D eigenvalue weighted by molar-refractivity contribution is 7.15. The molecule has 6 rings (SSSR count). The van der Waals surface area contributed by atoms with Crippen LogP contribution >= 0.6 is 11.3 Å². The molecule has 3 aromatic rings. The molecule has 1 unspecified atom stereocenters. The van der Waals surface area contributed by atoms with Crippen molar-refractivity contribution in [3.63, 3.8) is 0 Å². The number of rotatable bonds is 5. The lowest BCUT2D eigenvalue weighted by Gasteiger charge is -2.26.